The molecule has 1 aliphatic heterocycles. The van der Waals surface area contributed by atoms with Crippen LogP contribution < -0.4 is 15.4 Å². The zero-order valence-corrected chi connectivity index (χ0v) is 16.2. The normalized spacial score (nSPS) is 16.5. The van der Waals surface area contributed by atoms with Crippen LogP contribution in [0.4, 0.5) is 5.69 Å². The van der Waals surface area contributed by atoms with Crippen molar-refractivity contribution in [2.24, 2.45) is 0 Å². The summed E-state index contributed by atoms with van der Waals surface area (Å²) in [5.41, 5.74) is 1.68. The highest BCUT2D eigenvalue weighted by Gasteiger charge is 2.22. The first-order valence-corrected chi connectivity index (χ1v) is 10.0. The fourth-order valence-electron chi connectivity index (χ4n) is 2.76. The van der Waals surface area contributed by atoms with Crippen molar-refractivity contribution in [2.75, 3.05) is 26.0 Å². The molecule has 138 valence electrons. The summed E-state index contributed by atoms with van der Waals surface area (Å²) in [6, 6.07) is 14.5. The molecule has 3 rings (SSSR count). The molecule has 0 unspecified atom stereocenters. The number of benzene rings is 2. The smallest absolute Gasteiger partial charge is 0.242 e. The first-order valence-electron chi connectivity index (χ1n) is 8.20. The molecule has 0 saturated heterocycles. The maximum absolute atomic E-state index is 12.3. The lowest BCUT2D eigenvalue weighted by molar-refractivity contribution is 0.262. The molecule has 2 aromatic carbocycles. The zero-order valence-electron chi connectivity index (χ0n) is 14.6. The number of nitrogens with one attached hydrogen (secondary N) is 2. The summed E-state index contributed by atoms with van der Waals surface area (Å²) < 4.78 is 31.4. The lowest BCUT2D eigenvalue weighted by atomic mass is 10.0. The van der Waals surface area contributed by atoms with E-state index in [1.54, 1.807) is 24.3 Å². The molecule has 0 aliphatic carbocycles. The maximum Gasteiger partial charge on any atom is 0.242 e. The molecular weight excluding hydrogens is 370 g/mol. The highest BCUT2D eigenvalue weighted by Crippen LogP contribution is 2.31. The predicted molar refractivity (Wildman–Crippen MR) is 106 cm³/mol. The van der Waals surface area contributed by atoms with Gasteiger partial charge in [0.05, 0.1) is 17.5 Å². The van der Waals surface area contributed by atoms with Crippen molar-refractivity contribution < 1.29 is 13.2 Å². The molecule has 0 amide bonds. The molecule has 0 fully saturated rings. The van der Waals surface area contributed by atoms with Crippen molar-refractivity contribution in [3.63, 3.8) is 0 Å². The average Bonchev–Trinajstić information content (AvgIpc) is 2.62. The highest BCUT2D eigenvalue weighted by atomic mass is 32.2. The van der Waals surface area contributed by atoms with Gasteiger partial charge < -0.3 is 15.4 Å². The van der Waals surface area contributed by atoms with E-state index in [9.17, 15) is 8.42 Å². The van der Waals surface area contributed by atoms with E-state index in [2.05, 4.69) is 10.6 Å². The fraction of sp³-hybridized carbons (Fsp3) is 0.278. The molecule has 0 aromatic heterocycles. The number of rotatable bonds is 4. The number of hydrogen-bond acceptors (Lipinski definition) is 4. The quantitative estimate of drug-likeness (QED) is 0.781. The number of nitrogens with zero attached hydrogens (tertiary/aromatic N) is 1. The first kappa shape index (κ1) is 18.6. The summed E-state index contributed by atoms with van der Waals surface area (Å²) in [7, 11) is -0.481. The average molecular weight is 392 g/mol. The molecule has 1 aliphatic rings. The van der Waals surface area contributed by atoms with Gasteiger partial charge in [-0.15, -0.1) is 0 Å². The van der Waals surface area contributed by atoms with Gasteiger partial charge in [0.15, 0.2) is 5.11 Å². The van der Waals surface area contributed by atoms with Crippen molar-refractivity contribution in [2.45, 2.75) is 17.4 Å². The Morgan fingerprint density at radius 3 is 2.73 bits per heavy atom. The third-order valence-corrected chi connectivity index (χ3v) is 6.17. The van der Waals surface area contributed by atoms with Crippen molar-refractivity contribution >= 4 is 33.0 Å². The highest BCUT2D eigenvalue weighted by molar-refractivity contribution is 7.89. The third kappa shape index (κ3) is 3.98. The number of ether oxygens (including phenoxy) is 1. The van der Waals surface area contributed by atoms with Crippen molar-refractivity contribution in [3.8, 4) is 5.75 Å². The Bertz CT molecular complexity index is 913. The molecule has 0 saturated carbocycles. The van der Waals surface area contributed by atoms with E-state index in [1.165, 1.54) is 18.4 Å². The van der Waals surface area contributed by atoms with E-state index in [4.69, 9.17) is 17.0 Å². The van der Waals surface area contributed by atoms with E-state index in [-0.39, 0.29) is 10.9 Å². The van der Waals surface area contributed by atoms with Gasteiger partial charge in [-0.3, -0.25) is 0 Å². The van der Waals surface area contributed by atoms with E-state index in [0.717, 1.165) is 17.7 Å². The number of hydrogen-bond donors (Lipinski definition) is 2. The number of para-hydroxylation sites is 1. The fourth-order valence-corrected chi connectivity index (χ4v) is 3.97. The lowest BCUT2D eigenvalue weighted by Gasteiger charge is -2.27. The van der Waals surface area contributed by atoms with Gasteiger partial charge in [-0.25, -0.2) is 12.7 Å². The molecule has 0 spiro atoms. The summed E-state index contributed by atoms with van der Waals surface area (Å²) in [4.78, 5) is 0.215. The van der Waals surface area contributed by atoms with E-state index in [1.807, 2.05) is 24.3 Å². The molecule has 1 atom stereocenters. The maximum atomic E-state index is 12.3. The number of anilines is 1. The van der Waals surface area contributed by atoms with Crippen LogP contribution in [0.5, 0.6) is 5.75 Å². The van der Waals surface area contributed by atoms with Gasteiger partial charge in [0.2, 0.25) is 10.0 Å². The summed E-state index contributed by atoms with van der Waals surface area (Å²) >= 11 is 5.41. The van der Waals surface area contributed by atoms with Crippen molar-refractivity contribution in [1.29, 1.82) is 0 Å². The summed E-state index contributed by atoms with van der Waals surface area (Å²) in [5, 5.41) is 6.79. The van der Waals surface area contributed by atoms with Gasteiger partial charge in [-0.05, 0) is 36.5 Å². The molecule has 8 heteroatoms. The number of sulfonamides is 1. The number of thiocarbonyl (C=S) groups is 1. The van der Waals surface area contributed by atoms with Gasteiger partial charge in [0.25, 0.3) is 0 Å². The van der Waals surface area contributed by atoms with Crippen LogP contribution in [0.1, 0.15) is 18.0 Å². The SMILES string of the molecule is CN(C)S(=O)(=O)c1cccc(NC(=S)N[C@@H]2CCOc3ccccc32)c1. The Morgan fingerprint density at radius 1 is 1.19 bits per heavy atom. The molecule has 2 aromatic rings. The van der Waals surface area contributed by atoms with Crippen LogP contribution in [-0.2, 0) is 10.0 Å². The van der Waals surface area contributed by atoms with Crippen molar-refractivity contribution in [1.82, 2.24) is 9.62 Å². The minimum absolute atomic E-state index is 0.0497. The minimum atomic E-state index is -3.49. The molecular formula is C18H21N3O3S2. The van der Waals surface area contributed by atoms with E-state index < -0.39 is 10.0 Å². The largest absolute Gasteiger partial charge is 0.493 e. The Kier molecular flexibility index (Phi) is 5.45. The second-order valence-electron chi connectivity index (χ2n) is 6.14. The van der Waals surface area contributed by atoms with Crippen LogP contribution in [0, 0.1) is 0 Å². The van der Waals surface area contributed by atoms with Gasteiger partial charge in [-0.1, -0.05) is 24.3 Å². The van der Waals surface area contributed by atoms with E-state index >= 15 is 0 Å². The number of fused-ring (bicyclic) bond motifs is 1. The summed E-state index contributed by atoms with van der Waals surface area (Å²) in [6.07, 6.45) is 0.799. The molecule has 0 bridgehead atoms. The van der Waals surface area contributed by atoms with Crippen LogP contribution in [0.3, 0.4) is 0 Å². The van der Waals surface area contributed by atoms with Gasteiger partial charge >= 0.3 is 0 Å². The Hall–Kier alpha value is -2.16. The standard InChI is InChI=1S/C18H21N3O3S2/c1-21(2)26(22,23)14-7-5-6-13(12-14)19-18(25)20-16-10-11-24-17-9-4-3-8-15(16)17/h3-9,12,16H,10-11H2,1-2H3,(H2,19,20,25)/t16-/m1/s1. The van der Waals surface area contributed by atoms with Gasteiger partial charge in [0, 0.05) is 31.8 Å². The third-order valence-electron chi connectivity index (χ3n) is 4.13. The molecule has 1 heterocycles. The van der Waals surface area contributed by atoms with Crippen LogP contribution >= 0.6 is 12.2 Å². The molecule has 2 N–H and O–H groups in total. The monoisotopic (exact) mass is 391 g/mol. The second kappa shape index (κ2) is 7.61. The molecule has 0 radical (unpaired) electrons. The van der Waals surface area contributed by atoms with Crippen LogP contribution in [-0.4, -0.2) is 38.5 Å². The van der Waals surface area contributed by atoms with E-state index in [0.29, 0.717) is 17.4 Å². The Morgan fingerprint density at radius 2 is 1.96 bits per heavy atom. The Labute approximate surface area is 159 Å². The van der Waals surface area contributed by atoms with Crippen LogP contribution in [0.15, 0.2) is 53.4 Å². The molecule has 6 nitrogen and oxygen atoms in total. The first-order chi connectivity index (χ1) is 12.4. The lowest BCUT2D eigenvalue weighted by Crippen LogP contribution is -2.35. The summed E-state index contributed by atoms with van der Waals surface area (Å²) in [5.74, 6) is 0.859. The topological polar surface area (TPSA) is 70.7 Å². The van der Waals surface area contributed by atoms with Crippen molar-refractivity contribution in [3.05, 3.63) is 54.1 Å². The van der Waals surface area contributed by atoms with Crippen LogP contribution in [0.25, 0.3) is 0 Å². The van der Waals surface area contributed by atoms with Crippen LogP contribution in [0.2, 0.25) is 0 Å². The molecule has 26 heavy (non-hydrogen) atoms. The summed E-state index contributed by atoms with van der Waals surface area (Å²) in [6.45, 7) is 0.619. The Balaban J connectivity index is 1.72. The zero-order chi connectivity index (χ0) is 18.7. The predicted octanol–water partition coefficient (Wildman–Crippen LogP) is 2.75. The minimum Gasteiger partial charge on any atom is -0.493 e. The van der Waals surface area contributed by atoms with Gasteiger partial charge in [0.1, 0.15) is 5.75 Å². The second-order valence-corrected chi connectivity index (χ2v) is 8.70. The van der Waals surface area contributed by atoms with Gasteiger partial charge in [-0.2, -0.15) is 0 Å².